The third-order valence-corrected chi connectivity index (χ3v) is 2.59. The van der Waals surface area contributed by atoms with E-state index in [-0.39, 0.29) is 11.5 Å². The normalized spacial score (nSPS) is 9.89. The van der Waals surface area contributed by atoms with Gasteiger partial charge in [-0.25, -0.2) is 4.79 Å². The molecule has 0 atom stereocenters. The van der Waals surface area contributed by atoms with E-state index in [1.54, 1.807) is 30.0 Å². The Labute approximate surface area is 107 Å². The van der Waals surface area contributed by atoms with Gasteiger partial charge in [0.15, 0.2) is 0 Å². The van der Waals surface area contributed by atoms with Gasteiger partial charge >= 0.3 is 5.97 Å². The molecule has 1 rings (SSSR count). The monoisotopic (exact) mass is 247 g/mol. The molecule has 0 bridgehead atoms. The minimum absolute atomic E-state index is 0.132. The van der Waals surface area contributed by atoms with Gasteiger partial charge in [-0.05, 0) is 37.6 Å². The van der Waals surface area contributed by atoms with Crippen LogP contribution in [0.2, 0.25) is 0 Å². The second-order valence-corrected chi connectivity index (χ2v) is 4.03. The number of carboxylic acid groups (broad SMARTS) is 1. The van der Waals surface area contributed by atoms with Crippen molar-refractivity contribution in [2.24, 2.45) is 0 Å². The average Bonchev–Trinajstić information content (AvgIpc) is 2.34. The van der Waals surface area contributed by atoms with Gasteiger partial charge in [0.25, 0.3) is 5.91 Å². The highest BCUT2D eigenvalue weighted by molar-refractivity contribution is 5.97. The van der Waals surface area contributed by atoms with Gasteiger partial charge in [-0.15, -0.1) is 6.58 Å². The lowest BCUT2D eigenvalue weighted by atomic mass is 10.1. The second kappa shape index (κ2) is 6.00. The van der Waals surface area contributed by atoms with E-state index >= 15 is 0 Å². The highest BCUT2D eigenvalue weighted by Gasteiger charge is 2.15. The lowest BCUT2D eigenvalue weighted by Crippen LogP contribution is -2.31. The van der Waals surface area contributed by atoms with Crippen LogP contribution >= 0.6 is 0 Å². The molecule has 4 nitrogen and oxygen atoms in total. The summed E-state index contributed by atoms with van der Waals surface area (Å²) in [6, 6.07) is 4.65. The Morgan fingerprint density at radius 1 is 1.33 bits per heavy atom. The van der Waals surface area contributed by atoms with Crippen LogP contribution in [0.15, 0.2) is 30.9 Å². The van der Waals surface area contributed by atoms with E-state index in [9.17, 15) is 9.59 Å². The van der Waals surface area contributed by atoms with Crippen LogP contribution < -0.4 is 0 Å². The fourth-order valence-corrected chi connectivity index (χ4v) is 1.72. The molecule has 1 aromatic carbocycles. The number of hydrogen-bond donors (Lipinski definition) is 1. The standard InChI is InChI=1S/C14H17NO3/c1-4-6-15(5-2)13(16)11-7-10(3)8-12(9-11)14(17)18/h4,7-9H,1,5-6H2,2-3H3,(H,17,18). The minimum atomic E-state index is -1.03. The first-order valence-electron chi connectivity index (χ1n) is 5.74. The molecule has 0 saturated heterocycles. The number of carbonyl (C=O) groups excluding carboxylic acids is 1. The summed E-state index contributed by atoms with van der Waals surface area (Å²) in [4.78, 5) is 24.7. The molecule has 0 aliphatic rings. The largest absolute Gasteiger partial charge is 0.478 e. The van der Waals surface area contributed by atoms with Gasteiger partial charge in [-0.3, -0.25) is 4.79 Å². The van der Waals surface area contributed by atoms with Crippen LogP contribution in [0, 0.1) is 6.92 Å². The van der Waals surface area contributed by atoms with E-state index in [0.717, 1.165) is 5.56 Å². The van der Waals surface area contributed by atoms with Crippen molar-refractivity contribution in [1.29, 1.82) is 0 Å². The number of aryl methyl sites for hydroxylation is 1. The number of benzene rings is 1. The van der Waals surface area contributed by atoms with Crippen molar-refractivity contribution in [2.75, 3.05) is 13.1 Å². The summed E-state index contributed by atoms with van der Waals surface area (Å²) in [7, 11) is 0. The number of likely N-dealkylation sites (N-methyl/N-ethyl adjacent to an activating group) is 1. The third kappa shape index (κ3) is 3.20. The Kier molecular flexibility index (Phi) is 4.66. The molecule has 1 N–H and O–H groups in total. The fourth-order valence-electron chi connectivity index (χ4n) is 1.72. The van der Waals surface area contributed by atoms with Gasteiger partial charge in [-0.1, -0.05) is 6.08 Å². The van der Waals surface area contributed by atoms with Crippen molar-refractivity contribution in [3.05, 3.63) is 47.5 Å². The Hall–Kier alpha value is -2.10. The van der Waals surface area contributed by atoms with Gasteiger partial charge in [-0.2, -0.15) is 0 Å². The SMILES string of the molecule is C=CCN(CC)C(=O)c1cc(C)cc(C(=O)O)c1. The first kappa shape index (κ1) is 14.0. The minimum Gasteiger partial charge on any atom is -0.478 e. The zero-order valence-electron chi connectivity index (χ0n) is 10.6. The smallest absolute Gasteiger partial charge is 0.335 e. The number of amides is 1. The van der Waals surface area contributed by atoms with E-state index in [2.05, 4.69) is 6.58 Å². The maximum atomic E-state index is 12.2. The molecular weight excluding hydrogens is 230 g/mol. The topological polar surface area (TPSA) is 57.6 Å². The summed E-state index contributed by atoms with van der Waals surface area (Å²) < 4.78 is 0. The molecule has 1 amide bonds. The number of aromatic carboxylic acids is 1. The van der Waals surface area contributed by atoms with E-state index < -0.39 is 5.97 Å². The third-order valence-electron chi connectivity index (χ3n) is 2.59. The molecule has 0 fully saturated rings. The summed E-state index contributed by atoms with van der Waals surface area (Å²) in [5.41, 5.74) is 1.29. The number of nitrogens with zero attached hydrogens (tertiary/aromatic N) is 1. The first-order chi connectivity index (χ1) is 8.49. The molecular formula is C14H17NO3. The molecule has 1 aromatic rings. The van der Waals surface area contributed by atoms with Crippen LogP contribution in [-0.2, 0) is 0 Å². The fraction of sp³-hybridized carbons (Fsp3) is 0.286. The van der Waals surface area contributed by atoms with Crippen LogP contribution in [0.25, 0.3) is 0 Å². The van der Waals surface area contributed by atoms with Crippen LogP contribution in [0.5, 0.6) is 0 Å². The zero-order chi connectivity index (χ0) is 13.7. The molecule has 18 heavy (non-hydrogen) atoms. The zero-order valence-corrected chi connectivity index (χ0v) is 10.6. The Bertz CT molecular complexity index is 480. The molecule has 4 heteroatoms. The van der Waals surface area contributed by atoms with Gasteiger partial charge < -0.3 is 10.0 Å². The van der Waals surface area contributed by atoms with Crippen molar-refractivity contribution in [1.82, 2.24) is 4.90 Å². The lowest BCUT2D eigenvalue weighted by molar-refractivity contribution is 0.0696. The maximum absolute atomic E-state index is 12.2. The maximum Gasteiger partial charge on any atom is 0.335 e. The highest BCUT2D eigenvalue weighted by atomic mass is 16.4. The van der Waals surface area contributed by atoms with Gasteiger partial charge in [0.2, 0.25) is 0 Å². The average molecular weight is 247 g/mol. The summed E-state index contributed by atoms with van der Waals surface area (Å²) in [5.74, 6) is -1.21. The molecule has 0 saturated carbocycles. The van der Waals surface area contributed by atoms with E-state index in [0.29, 0.717) is 18.7 Å². The van der Waals surface area contributed by atoms with Crippen molar-refractivity contribution >= 4 is 11.9 Å². The summed E-state index contributed by atoms with van der Waals surface area (Å²) in [6.07, 6.45) is 1.65. The Morgan fingerprint density at radius 3 is 2.44 bits per heavy atom. The van der Waals surface area contributed by atoms with Crippen molar-refractivity contribution in [2.45, 2.75) is 13.8 Å². The predicted molar refractivity (Wildman–Crippen MR) is 69.9 cm³/mol. The van der Waals surface area contributed by atoms with Gasteiger partial charge in [0, 0.05) is 18.7 Å². The Morgan fingerprint density at radius 2 is 1.94 bits per heavy atom. The second-order valence-electron chi connectivity index (χ2n) is 4.03. The molecule has 0 aliphatic carbocycles. The first-order valence-corrected chi connectivity index (χ1v) is 5.74. The Balaban J connectivity index is 3.11. The quantitative estimate of drug-likeness (QED) is 0.812. The highest BCUT2D eigenvalue weighted by Crippen LogP contribution is 2.12. The molecule has 0 radical (unpaired) electrons. The molecule has 0 spiro atoms. The van der Waals surface area contributed by atoms with E-state index in [1.807, 2.05) is 6.92 Å². The van der Waals surface area contributed by atoms with Crippen LogP contribution in [0.1, 0.15) is 33.2 Å². The predicted octanol–water partition coefficient (Wildman–Crippen LogP) is 2.34. The van der Waals surface area contributed by atoms with Crippen LogP contribution in [-0.4, -0.2) is 35.0 Å². The van der Waals surface area contributed by atoms with Gasteiger partial charge in [0.05, 0.1) is 5.56 Å². The molecule has 0 aromatic heterocycles. The lowest BCUT2D eigenvalue weighted by Gasteiger charge is -2.19. The number of carbonyl (C=O) groups is 2. The molecule has 96 valence electrons. The van der Waals surface area contributed by atoms with Crippen molar-refractivity contribution in [3.8, 4) is 0 Å². The van der Waals surface area contributed by atoms with Crippen molar-refractivity contribution in [3.63, 3.8) is 0 Å². The molecule has 0 aliphatic heterocycles. The number of carboxylic acids is 1. The molecule has 0 heterocycles. The van der Waals surface area contributed by atoms with E-state index in [1.165, 1.54) is 6.07 Å². The summed E-state index contributed by atoms with van der Waals surface area (Å²) in [6.45, 7) is 8.25. The molecule has 0 unspecified atom stereocenters. The van der Waals surface area contributed by atoms with Crippen molar-refractivity contribution < 1.29 is 14.7 Å². The number of rotatable bonds is 5. The summed E-state index contributed by atoms with van der Waals surface area (Å²) in [5, 5.41) is 8.97. The van der Waals surface area contributed by atoms with Crippen LogP contribution in [0.3, 0.4) is 0 Å². The number of hydrogen-bond acceptors (Lipinski definition) is 2. The summed E-state index contributed by atoms with van der Waals surface area (Å²) >= 11 is 0. The van der Waals surface area contributed by atoms with E-state index in [4.69, 9.17) is 5.11 Å². The van der Waals surface area contributed by atoms with Gasteiger partial charge in [0.1, 0.15) is 0 Å². The van der Waals surface area contributed by atoms with Crippen LogP contribution in [0.4, 0.5) is 0 Å².